The Kier molecular flexibility index (Phi) is 14.7. The number of hydrogen-bond donors (Lipinski definition) is 2. The van der Waals surface area contributed by atoms with Gasteiger partial charge in [0, 0.05) is 19.0 Å². The fourth-order valence-corrected chi connectivity index (χ4v) is 1.97. The number of carbonyl (C=O) groups excluding carboxylic acids is 1. The maximum Gasteiger partial charge on any atom is 0.220 e. The van der Waals surface area contributed by atoms with Gasteiger partial charge < -0.3 is 10.6 Å². The Morgan fingerprint density at radius 1 is 1.22 bits per heavy atom. The second-order valence-corrected chi connectivity index (χ2v) is 4.88. The molecule has 110 valence electrons. The van der Waals surface area contributed by atoms with E-state index in [-0.39, 0.29) is 18.3 Å². The van der Waals surface area contributed by atoms with Crippen molar-refractivity contribution in [3.05, 3.63) is 0 Å². The molecule has 0 aliphatic rings. The van der Waals surface area contributed by atoms with Crippen molar-refractivity contribution in [3.63, 3.8) is 0 Å². The number of amides is 1. The summed E-state index contributed by atoms with van der Waals surface area (Å²) >= 11 is 0. The number of likely N-dealkylation sites (N-methyl/N-ethyl adjacent to an activating group) is 1. The molecule has 0 aromatic rings. The first-order chi connectivity index (χ1) is 8.13. The lowest BCUT2D eigenvalue weighted by Gasteiger charge is -2.16. The summed E-state index contributed by atoms with van der Waals surface area (Å²) in [6.45, 7) is 10.2. The number of nitrogens with one attached hydrogen (secondary N) is 2. The van der Waals surface area contributed by atoms with Crippen molar-refractivity contribution in [2.75, 3.05) is 13.1 Å². The summed E-state index contributed by atoms with van der Waals surface area (Å²) in [5.74, 6) is 0.766. The summed E-state index contributed by atoms with van der Waals surface area (Å²) in [5.41, 5.74) is 0. The minimum absolute atomic E-state index is 0. The number of carbonyl (C=O) groups is 1. The Hall–Kier alpha value is -0.280. The third kappa shape index (κ3) is 10.8. The molecule has 0 fully saturated rings. The first kappa shape index (κ1) is 20.0. The number of hydrogen-bond acceptors (Lipinski definition) is 2. The lowest BCUT2D eigenvalue weighted by molar-refractivity contribution is -0.122. The van der Waals surface area contributed by atoms with E-state index < -0.39 is 0 Å². The second-order valence-electron chi connectivity index (χ2n) is 4.88. The molecule has 0 saturated heterocycles. The lowest BCUT2D eigenvalue weighted by atomic mass is 9.95. The van der Waals surface area contributed by atoms with Gasteiger partial charge in [-0.2, -0.15) is 0 Å². The molecular weight excluding hydrogens is 248 g/mol. The molecule has 0 rings (SSSR count). The average molecular weight is 279 g/mol. The molecule has 0 saturated carbocycles. The lowest BCUT2D eigenvalue weighted by Crippen LogP contribution is -2.39. The van der Waals surface area contributed by atoms with Gasteiger partial charge in [0.1, 0.15) is 0 Å². The van der Waals surface area contributed by atoms with Crippen molar-refractivity contribution in [2.24, 2.45) is 5.92 Å². The largest absolute Gasteiger partial charge is 0.355 e. The molecule has 2 N–H and O–H groups in total. The number of unbranched alkanes of at least 4 members (excludes halogenated alkanes) is 1. The minimum Gasteiger partial charge on any atom is -0.355 e. The zero-order valence-corrected chi connectivity index (χ0v) is 13.2. The molecule has 1 unspecified atom stereocenters. The third-order valence-corrected chi connectivity index (χ3v) is 3.18. The van der Waals surface area contributed by atoms with Gasteiger partial charge in [0.05, 0.1) is 0 Å². The van der Waals surface area contributed by atoms with Gasteiger partial charge in [-0.05, 0) is 25.8 Å². The summed E-state index contributed by atoms with van der Waals surface area (Å²) in [6.07, 6.45) is 5.43. The van der Waals surface area contributed by atoms with Crippen molar-refractivity contribution in [2.45, 2.75) is 65.8 Å². The Bertz CT molecular complexity index is 200. The Balaban J connectivity index is 0. The number of rotatable bonds is 10. The van der Waals surface area contributed by atoms with Crippen LogP contribution >= 0.6 is 12.4 Å². The van der Waals surface area contributed by atoms with Gasteiger partial charge in [-0.15, -0.1) is 12.4 Å². The first-order valence-corrected chi connectivity index (χ1v) is 7.14. The van der Waals surface area contributed by atoms with Crippen LogP contribution in [0.1, 0.15) is 59.8 Å². The van der Waals surface area contributed by atoms with E-state index in [0.717, 1.165) is 19.5 Å². The van der Waals surface area contributed by atoms with Crippen molar-refractivity contribution in [1.29, 1.82) is 0 Å². The van der Waals surface area contributed by atoms with E-state index in [9.17, 15) is 4.79 Å². The third-order valence-electron chi connectivity index (χ3n) is 3.18. The molecular formula is C14H31ClN2O. The maximum absolute atomic E-state index is 11.7. The predicted molar refractivity (Wildman–Crippen MR) is 81.3 cm³/mol. The van der Waals surface area contributed by atoms with E-state index in [1.165, 1.54) is 19.3 Å². The zero-order chi connectivity index (χ0) is 13.1. The predicted octanol–water partition coefficient (Wildman–Crippen LogP) is 3.13. The summed E-state index contributed by atoms with van der Waals surface area (Å²) in [4.78, 5) is 11.7. The van der Waals surface area contributed by atoms with Crippen molar-refractivity contribution < 1.29 is 4.79 Å². The van der Waals surface area contributed by atoms with Gasteiger partial charge in [0.2, 0.25) is 5.91 Å². The normalized spacial score (nSPS) is 13.6. The van der Waals surface area contributed by atoms with E-state index in [4.69, 9.17) is 0 Å². The highest BCUT2D eigenvalue weighted by Gasteiger charge is 2.12. The van der Waals surface area contributed by atoms with Crippen molar-refractivity contribution in [3.8, 4) is 0 Å². The van der Waals surface area contributed by atoms with Gasteiger partial charge in [0.25, 0.3) is 0 Å². The van der Waals surface area contributed by atoms with Gasteiger partial charge in [0.15, 0.2) is 0 Å². The number of halogens is 1. The second kappa shape index (κ2) is 13.2. The van der Waals surface area contributed by atoms with Crippen LogP contribution in [0.2, 0.25) is 0 Å². The summed E-state index contributed by atoms with van der Waals surface area (Å²) in [6, 6.07) is 0.361. The zero-order valence-electron chi connectivity index (χ0n) is 12.4. The summed E-state index contributed by atoms with van der Waals surface area (Å²) in [7, 11) is 0. The summed E-state index contributed by atoms with van der Waals surface area (Å²) in [5, 5.41) is 6.29. The summed E-state index contributed by atoms with van der Waals surface area (Å²) < 4.78 is 0. The van der Waals surface area contributed by atoms with E-state index in [2.05, 4.69) is 38.3 Å². The Morgan fingerprint density at radius 2 is 1.89 bits per heavy atom. The van der Waals surface area contributed by atoms with Crippen LogP contribution in [-0.4, -0.2) is 25.0 Å². The smallest absolute Gasteiger partial charge is 0.220 e. The molecule has 0 aromatic carbocycles. The van der Waals surface area contributed by atoms with Crippen molar-refractivity contribution in [1.82, 2.24) is 10.6 Å². The standard InChI is InChI=1S/C14H30N2O.ClH/c1-5-8-9-13(6-2)10-14(17)16-11-12(4)15-7-3;/h12-13,15H,5-11H2,1-4H3,(H,16,17);1H/t12-,13?;/m1./s1. The molecule has 4 heteroatoms. The SMILES string of the molecule is CCCCC(CC)CC(=O)NC[C@@H](C)NCC.Cl. The molecule has 0 spiro atoms. The highest BCUT2D eigenvalue weighted by molar-refractivity contribution is 5.85. The molecule has 0 aliphatic carbocycles. The molecule has 3 nitrogen and oxygen atoms in total. The van der Waals surface area contributed by atoms with E-state index in [0.29, 0.717) is 18.4 Å². The van der Waals surface area contributed by atoms with Crippen LogP contribution < -0.4 is 10.6 Å². The molecule has 0 aliphatic heterocycles. The average Bonchev–Trinajstić information content (AvgIpc) is 2.32. The van der Waals surface area contributed by atoms with Crippen LogP contribution in [0.4, 0.5) is 0 Å². The van der Waals surface area contributed by atoms with Crippen LogP contribution in [-0.2, 0) is 4.79 Å². The fourth-order valence-electron chi connectivity index (χ4n) is 1.97. The molecule has 1 amide bonds. The van der Waals surface area contributed by atoms with E-state index in [1.807, 2.05) is 0 Å². The Labute approximate surface area is 119 Å². The molecule has 18 heavy (non-hydrogen) atoms. The molecule has 0 radical (unpaired) electrons. The maximum atomic E-state index is 11.7. The van der Waals surface area contributed by atoms with Crippen LogP contribution in [0.3, 0.4) is 0 Å². The van der Waals surface area contributed by atoms with Crippen LogP contribution in [0.25, 0.3) is 0 Å². The van der Waals surface area contributed by atoms with E-state index >= 15 is 0 Å². The quantitative estimate of drug-likeness (QED) is 0.645. The fraction of sp³-hybridized carbons (Fsp3) is 0.929. The van der Waals surface area contributed by atoms with Gasteiger partial charge in [-0.25, -0.2) is 0 Å². The molecule has 0 heterocycles. The van der Waals surface area contributed by atoms with Gasteiger partial charge in [-0.3, -0.25) is 4.79 Å². The molecule has 2 atom stereocenters. The van der Waals surface area contributed by atoms with Gasteiger partial charge in [-0.1, -0.05) is 40.0 Å². The van der Waals surface area contributed by atoms with Crippen molar-refractivity contribution >= 4 is 18.3 Å². The molecule has 0 aromatic heterocycles. The van der Waals surface area contributed by atoms with Crippen LogP contribution in [0.15, 0.2) is 0 Å². The van der Waals surface area contributed by atoms with Crippen LogP contribution in [0, 0.1) is 5.92 Å². The minimum atomic E-state index is 0. The molecule has 0 bridgehead atoms. The highest BCUT2D eigenvalue weighted by Crippen LogP contribution is 2.16. The topological polar surface area (TPSA) is 41.1 Å². The van der Waals surface area contributed by atoms with Gasteiger partial charge >= 0.3 is 0 Å². The van der Waals surface area contributed by atoms with Crippen LogP contribution in [0.5, 0.6) is 0 Å². The first-order valence-electron chi connectivity index (χ1n) is 7.14. The monoisotopic (exact) mass is 278 g/mol. The van der Waals surface area contributed by atoms with E-state index in [1.54, 1.807) is 0 Å². The Morgan fingerprint density at radius 3 is 2.39 bits per heavy atom. The highest BCUT2D eigenvalue weighted by atomic mass is 35.5.